The summed E-state index contributed by atoms with van der Waals surface area (Å²) in [5.74, 6) is 0.422. The van der Waals surface area contributed by atoms with E-state index in [-0.39, 0.29) is 17.9 Å². The molecule has 0 aliphatic carbocycles. The van der Waals surface area contributed by atoms with Crippen LogP contribution in [0.3, 0.4) is 0 Å². The van der Waals surface area contributed by atoms with E-state index in [0.29, 0.717) is 31.7 Å². The molecule has 0 atom stereocenters. The van der Waals surface area contributed by atoms with Gasteiger partial charge in [0.1, 0.15) is 5.60 Å². The van der Waals surface area contributed by atoms with Crippen molar-refractivity contribution in [2.75, 3.05) is 18.4 Å². The third kappa shape index (κ3) is 4.47. The molecule has 122 valence electrons. The smallest absolute Gasteiger partial charge is 0.410 e. The van der Waals surface area contributed by atoms with Crippen LogP contribution < -0.4 is 5.32 Å². The van der Waals surface area contributed by atoms with Crippen molar-refractivity contribution >= 4 is 17.8 Å². The van der Waals surface area contributed by atoms with Gasteiger partial charge in [-0.3, -0.25) is 9.48 Å². The Morgan fingerprint density at radius 2 is 1.95 bits per heavy atom. The highest BCUT2D eigenvalue weighted by Crippen LogP contribution is 2.21. The van der Waals surface area contributed by atoms with E-state index in [9.17, 15) is 9.59 Å². The van der Waals surface area contributed by atoms with Crippen molar-refractivity contribution in [3.63, 3.8) is 0 Å². The first kappa shape index (κ1) is 16.3. The maximum atomic E-state index is 12.2. The molecule has 2 heterocycles. The number of hydrogen-bond acceptors (Lipinski definition) is 4. The summed E-state index contributed by atoms with van der Waals surface area (Å²) in [7, 11) is 1.80. The summed E-state index contributed by atoms with van der Waals surface area (Å²) in [6.45, 7) is 6.61. The second-order valence-electron chi connectivity index (χ2n) is 6.61. The lowest BCUT2D eigenvalue weighted by Crippen LogP contribution is -2.43. The first-order valence-corrected chi connectivity index (χ1v) is 7.53. The molecule has 1 aliphatic rings. The van der Waals surface area contributed by atoms with Crippen molar-refractivity contribution in [3.05, 3.63) is 12.3 Å². The Labute approximate surface area is 130 Å². The van der Waals surface area contributed by atoms with Crippen molar-refractivity contribution in [1.29, 1.82) is 0 Å². The second-order valence-corrected chi connectivity index (χ2v) is 6.61. The highest BCUT2D eigenvalue weighted by molar-refractivity contribution is 5.91. The molecular weight excluding hydrogens is 284 g/mol. The van der Waals surface area contributed by atoms with Gasteiger partial charge in [-0.15, -0.1) is 0 Å². The molecule has 0 spiro atoms. The Hall–Kier alpha value is -2.05. The Morgan fingerprint density at radius 3 is 2.45 bits per heavy atom. The van der Waals surface area contributed by atoms with Crippen LogP contribution in [0.15, 0.2) is 12.3 Å². The summed E-state index contributed by atoms with van der Waals surface area (Å²) in [5.41, 5.74) is -0.496. The van der Waals surface area contributed by atoms with Gasteiger partial charge >= 0.3 is 6.09 Å². The number of rotatable bonds is 2. The normalized spacial score (nSPS) is 16.5. The first-order valence-electron chi connectivity index (χ1n) is 7.53. The predicted molar refractivity (Wildman–Crippen MR) is 82.4 cm³/mol. The molecule has 0 saturated carbocycles. The summed E-state index contributed by atoms with van der Waals surface area (Å²) in [4.78, 5) is 25.8. The van der Waals surface area contributed by atoms with Crippen LogP contribution in [-0.4, -0.2) is 45.4 Å². The molecule has 0 unspecified atom stereocenters. The zero-order valence-corrected chi connectivity index (χ0v) is 13.6. The average molecular weight is 308 g/mol. The third-order valence-corrected chi connectivity index (χ3v) is 3.48. The van der Waals surface area contributed by atoms with E-state index in [1.54, 1.807) is 28.9 Å². The van der Waals surface area contributed by atoms with E-state index in [1.165, 1.54) is 0 Å². The molecule has 1 fully saturated rings. The Morgan fingerprint density at radius 1 is 1.32 bits per heavy atom. The summed E-state index contributed by atoms with van der Waals surface area (Å²) >= 11 is 0. The monoisotopic (exact) mass is 308 g/mol. The highest BCUT2D eigenvalue weighted by atomic mass is 16.6. The van der Waals surface area contributed by atoms with Gasteiger partial charge in [0, 0.05) is 38.3 Å². The molecule has 22 heavy (non-hydrogen) atoms. The van der Waals surface area contributed by atoms with E-state index in [4.69, 9.17) is 4.74 Å². The van der Waals surface area contributed by atoms with Crippen molar-refractivity contribution in [2.24, 2.45) is 13.0 Å². The number of anilines is 1. The van der Waals surface area contributed by atoms with Gasteiger partial charge < -0.3 is 15.0 Å². The van der Waals surface area contributed by atoms with E-state index >= 15 is 0 Å². The molecule has 0 radical (unpaired) electrons. The minimum absolute atomic E-state index is 0.0393. The van der Waals surface area contributed by atoms with E-state index in [2.05, 4.69) is 10.4 Å². The van der Waals surface area contributed by atoms with Crippen LogP contribution in [-0.2, 0) is 16.6 Å². The molecule has 2 rings (SSSR count). The van der Waals surface area contributed by atoms with Gasteiger partial charge in [0.15, 0.2) is 5.82 Å². The lowest BCUT2D eigenvalue weighted by molar-refractivity contribution is -0.121. The number of hydrogen-bond donors (Lipinski definition) is 1. The summed E-state index contributed by atoms with van der Waals surface area (Å²) < 4.78 is 6.98. The quantitative estimate of drug-likeness (QED) is 0.906. The van der Waals surface area contributed by atoms with Gasteiger partial charge in [-0.2, -0.15) is 5.10 Å². The minimum atomic E-state index is -0.496. The van der Waals surface area contributed by atoms with Crippen LogP contribution in [0.2, 0.25) is 0 Å². The van der Waals surface area contributed by atoms with Crippen LogP contribution in [0.1, 0.15) is 33.6 Å². The molecule has 7 heteroatoms. The number of nitrogens with zero attached hydrogens (tertiary/aromatic N) is 3. The van der Waals surface area contributed by atoms with Crippen LogP contribution in [0.5, 0.6) is 0 Å². The van der Waals surface area contributed by atoms with Gasteiger partial charge in [-0.05, 0) is 33.6 Å². The van der Waals surface area contributed by atoms with Gasteiger partial charge in [0.2, 0.25) is 5.91 Å². The van der Waals surface area contributed by atoms with Crippen molar-refractivity contribution in [1.82, 2.24) is 14.7 Å². The molecule has 0 bridgehead atoms. The predicted octanol–water partition coefficient (Wildman–Crippen LogP) is 2.01. The maximum Gasteiger partial charge on any atom is 0.410 e. The van der Waals surface area contributed by atoms with Crippen molar-refractivity contribution in [2.45, 2.75) is 39.2 Å². The van der Waals surface area contributed by atoms with Crippen LogP contribution in [0.25, 0.3) is 0 Å². The maximum absolute atomic E-state index is 12.2. The summed E-state index contributed by atoms with van der Waals surface area (Å²) in [6.07, 6.45) is 2.74. The number of carbonyl (C=O) groups excluding carboxylic acids is 2. The Balaban J connectivity index is 1.81. The topological polar surface area (TPSA) is 76.5 Å². The molecular formula is C15H24N4O3. The van der Waals surface area contributed by atoms with Crippen LogP contribution in [0, 0.1) is 5.92 Å². The van der Waals surface area contributed by atoms with Crippen LogP contribution in [0.4, 0.5) is 10.6 Å². The Bertz CT molecular complexity index is 539. The number of nitrogens with one attached hydrogen (secondary N) is 1. The van der Waals surface area contributed by atoms with Gasteiger partial charge in [0.25, 0.3) is 0 Å². The van der Waals surface area contributed by atoms with Gasteiger partial charge in [0.05, 0.1) is 0 Å². The highest BCUT2D eigenvalue weighted by Gasteiger charge is 2.30. The zero-order valence-electron chi connectivity index (χ0n) is 13.6. The molecule has 1 aliphatic heterocycles. The van der Waals surface area contributed by atoms with Gasteiger partial charge in [-0.1, -0.05) is 0 Å². The lowest BCUT2D eigenvalue weighted by atomic mass is 9.96. The number of amides is 2. The van der Waals surface area contributed by atoms with Gasteiger partial charge in [-0.25, -0.2) is 4.79 Å². The first-order chi connectivity index (χ1) is 10.2. The molecule has 1 saturated heterocycles. The van der Waals surface area contributed by atoms with E-state index < -0.39 is 5.60 Å². The fourth-order valence-electron chi connectivity index (χ4n) is 2.36. The summed E-state index contributed by atoms with van der Waals surface area (Å²) in [6, 6.07) is 1.76. The third-order valence-electron chi connectivity index (χ3n) is 3.48. The number of aromatic nitrogens is 2. The largest absolute Gasteiger partial charge is 0.444 e. The molecule has 1 aromatic rings. The van der Waals surface area contributed by atoms with E-state index in [0.717, 1.165) is 0 Å². The number of aryl methyl sites for hydroxylation is 1. The van der Waals surface area contributed by atoms with Crippen molar-refractivity contribution in [3.8, 4) is 0 Å². The molecule has 2 amide bonds. The van der Waals surface area contributed by atoms with Crippen molar-refractivity contribution < 1.29 is 14.3 Å². The zero-order chi connectivity index (χ0) is 16.3. The SMILES string of the molecule is Cn1ccc(NC(=O)C2CCN(C(=O)OC(C)(C)C)CC2)n1. The minimum Gasteiger partial charge on any atom is -0.444 e. The number of ether oxygens (including phenoxy) is 1. The fourth-order valence-corrected chi connectivity index (χ4v) is 2.36. The number of piperidine rings is 1. The Kier molecular flexibility index (Phi) is 4.73. The number of likely N-dealkylation sites (tertiary alicyclic amines) is 1. The standard InChI is InChI=1S/C15H24N4O3/c1-15(2,3)22-14(21)19-9-5-11(6-10-19)13(20)16-12-7-8-18(4)17-12/h7-8,11H,5-6,9-10H2,1-4H3,(H,16,17,20). The molecule has 1 N–H and O–H groups in total. The average Bonchev–Trinajstić information content (AvgIpc) is 2.82. The van der Waals surface area contributed by atoms with E-state index in [1.807, 2.05) is 20.8 Å². The molecule has 0 aromatic carbocycles. The lowest BCUT2D eigenvalue weighted by Gasteiger charge is -2.32. The molecule has 1 aromatic heterocycles. The molecule has 7 nitrogen and oxygen atoms in total. The summed E-state index contributed by atoms with van der Waals surface area (Å²) in [5, 5.41) is 6.94. The fraction of sp³-hybridized carbons (Fsp3) is 0.667. The van der Waals surface area contributed by atoms with Crippen LogP contribution >= 0.6 is 0 Å². The second kappa shape index (κ2) is 6.37. The number of carbonyl (C=O) groups is 2.